The maximum Gasteiger partial charge on any atom is 0.0892 e. The Labute approximate surface area is 375 Å². The fourth-order valence-electron chi connectivity index (χ4n) is 11.5. The van der Waals surface area contributed by atoms with Gasteiger partial charge in [0.05, 0.1) is 11.4 Å². The van der Waals surface area contributed by atoms with Gasteiger partial charge in [0.1, 0.15) is 0 Å². The molecule has 62 heavy (non-hydrogen) atoms. The summed E-state index contributed by atoms with van der Waals surface area (Å²) in [4.78, 5) is 9.92. The molecule has 2 aliphatic rings. The van der Waals surface area contributed by atoms with E-state index in [9.17, 15) is 0 Å². The molecule has 0 radical (unpaired) electrons. The van der Waals surface area contributed by atoms with Crippen LogP contribution in [0.5, 0.6) is 0 Å². The van der Waals surface area contributed by atoms with E-state index in [2.05, 4.69) is 137 Å². The van der Waals surface area contributed by atoms with E-state index in [0.717, 1.165) is 11.4 Å². The van der Waals surface area contributed by atoms with Gasteiger partial charge in [-0.15, -0.1) is 0 Å². The fourth-order valence-corrected chi connectivity index (χ4v) is 11.5. The Hall–Kier alpha value is -4.82. The summed E-state index contributed by atoms with van der Waals surface area (Å²) < 4.78 is 0. The van der Waals surface area contributed by atoms with Crippen molar-refractivity contribution >= 4 is 0 Å². The van der Waals surface area contributed by atoms with Crippen LogP contribution < -0.4 is 0 Å². The van der Waals surface area contributed by atoms with E-state index in [-0.39, 0.29) is 10.8 Å². The first-order valence-corrected chi connectivity index (χ1v) is 25.0. The molecule has 0 amide bonds. The second-order valence-electron chi connectivity index (χ2n) is 18.9. The molecule has 2 aromatic heterocycles. The lowest BCUT2D eigenvalue weighted by molar-refractivity contribution is 0.401. The van der Waals surface area contributed by atoms with Crippen molar-refractivity contribution in [2.75, 3.05) is 0 Å². The Kier molecular flexibility index (Phi) is 14.5. The lowest BCUT2D eigenvalue weighted by Gasteiger charge is -2.33. The lowest BCUT2D eigenvalue weighted by Crippen LogP contribution is -2.25. The van der Waals surface area contributed by atoms with Crippen molar-refractivity contribution in [1.29, 1.82) is 0 Å². The first-order valence-electron chi connectivity index (χ1n) is 25.0. The first kappa shape index (κ1) is 43.8. The van der Waals surface area contributed by atoms with Crippen LogP contribution in [0.1, 0.15) is 178 Å². The highest BCUT2D eigenvalue weighted by molar-refractivity contribution is 5.86. The summed E-state index contributed by atoms with van der Waals surface area (Å²) in [5, 5.41) is 0. The summed E-state index contributed by atoms with van der Waals surface area (Å²) in [5.41, 5.74) is 18.9. The van der Waals surface area contributed by atoms with Crippen LogP contribution in [0.3, 0.4) is 0 Å². The molecule has 0 unspecified atom stereocenters. The first-order chi connectivity index (χ1) is 30.6. The van der Waals surface area contributed by atoms with Crippen molar-refractivity contribution < 1.29 is 0 Å². The van der Waals surface area contributed by atoms with Gasteiger partial charge in [-0.25, -0.2) is 0 Å². The van der Waals surface area contributed by atoms with E-state index >= 15 is 0 Å². The molecule has 0 aliphatic heterocycles. The summed E-state index contributed by atoms with van der Waals surface area (Å²) in [6.45, 7) is 9.29. The second kappa shape index (κ2) is 20.6. The van der Waals surface area contributed by atoms with E-state index in [1.54, 1.807) is 11.1 Å². The molecule has 0 saturated carbocycles. The van der Waals surface area contributed by atoms with Crippen LogP contribution >= 0.6 is 0 Å². The second-order valence-corrected chi connectivity index (χ2v) is 18.9. The number of aromatic nitrogens is 2. The topological polar surface area (TPSA) is 25.8 Å². The van der Waals surface area contributed by atoms with E-state index in [0.29, 0.717) is 0 Å². The molecule has 0 N–H and O–H groups in total. The summed E-state index contributed by atoms with van der Waals surface area (Å²) in [5.74, 6) is 0. The summed E-state index contributed by atoms with van der Waals surface area (Å²) >= 11 is 0. The van der Waals surface area contributed by atoms with Crippen LogP contribution in [-0.4, -0.2) is 9.97 Å². The number of hydrogen-bond acceptors (Lipinski definition) is 2. The maximum absolute atomic E-state index is 4.96. The zero-order valence-corrected chi connectivity index (χ0v) is 38.6. The molecule has 2 heteroatoms. The Morgan fingerprint density at radius 1 is 0.323 bits per heavy atom. The van der Waals surface area contributed by atoms with Gasteiger partial charge < -0.3 is 0 Å². The Morgan fingerprint density at radius 3 is 1.03 bits per heavy atom. The van der Waals surface area contributed by atoms with Gasteiger partial charge in [-0.05, 0) is 129 Å². The third-order valence-corrected chi connectivity index (χ3v) is 14.8. The number of rotatable bonds is 23. The van der Waals surface area contributed by atoms with Crippen molar-refractivity contribution in [3.05, 3.63) is 144 Å². The minimum Gasteiger partial charge on any atom is -0.255 e. The van der Waals surface area contributed by atoms with Gasteiger partial charge in [0, 0.05) is 23.2 Å². The highest BCUT2D eigenvalue weighted by Gasteiger charge is 2.43. The normalized spacial score (nSPS) is 14.1. The molecule has 0 bridgehead atoms. The lowest BCUT2D eigenvalue weighted by atomic mass is 9.70. The molecular weight excluding hydrogens is 749 g/mol. The van der Waals surface area contributed by atoms with E-state index < -0.39 is 0 Å². The number of benzene rings is 4. The molecule has 0 atom stereocenters. The standard InChI is InChI=1S/C60H72N2/c1-5-9-13-21-35-59(36-22-14-10-6-2)53-27-19-17-25-49(53)51-31-29-45(41-55(51)59)47-33-39-61-57(43-47)58-44-48(34-40-62-58)46-30-32-52-50-26-18-20-28-54(50)60(56(52)42-46,37-23-15-11-7-3)38-24-16-12-8-4/h17-20,25-34,39-44H,5-16,21-24,35-38H2,1-4H3. The van der Waals surface area contributed by atoms with Gasteiger partial charge in [-0.3, -0.25) is 9.97 Å². The average Bonchev–Trinajstić information content (AvgIpc) is 3.75. The number of nitrogens with zero attached hydrogens (tertiary/aromatic N) is 2. The molecule has 0 fully saturated rings. The third kappa shape index (κ3) is 8.86. The SMILES string of the molecule is CCCCCCC1(CCCCCC)c2ccccc2-c2ccc(-c3ccnc(-c4cc(-c5ccc6c(c5)C(CCCCCC)(CCCCCC)c5ccccc5-6)ccn4)c3)cc21. The largest absolute Gasteiger partial charge is 0.255 e. The third-order valence-electron chi connectivity index (χ3n) is 14.8. The van der Waals surface area contributed by atoms with Gasteiger partial charge in [-0.2, -0.15) is 0 Å². The van der Waals surface area contributed by atoms with Crippen molar-refractivity contribution in [3.8, 4) is 55.9 Å². The molecule has 4 aromatic carbocycles. The molecule has 8 rings (SSSR count). The average molecular weight is 821 g/mol. The Balaban J connectivity index is 1.13. The van der Waals surface area contributed by atoms with Gasteiger partial charge in [0.2, 0.25) is 0 Å². The minimum absolute atomic E-state index is 0.0645. The zero-order valence-electron chi connectivity index (χ0n) is 38.6. The smallest absolute Gasteiger partial charge is 0.0892 e. The predicted molar refractivity (Wildman–Crippen MR) is 266 cm³/mol. The van der Waals surface area contributed by atoms with Crippen LogP contribution in [0.25, 0.3) is 55.9 Å². The maximum atomic E-state index is 4.96. The quantitative estimate of drug-likeness (QED) is 0.0602. The van der Waals surface area contributed by atoms with Gasteiger partial charge in [0.15, 0.2) is 0 Å². The number of pyridine rings is 2. The van der Waals surface area contributed by atoms with Crippen LogP contribution in [0, 0.1) is 0 Å². The Bertz CT molecular complexity index is 2210. The Morgan fingerprint density at radius 2 is 0.661 bits per heavy atom. The van der Waals surface area contributed by atoms with Crippen LogP contribution in [0.2, 0.25) is 0 Å². The predicted octanol–water partition coefficient (Wildman–Crippen LogP) is 17.9. The molecule has 0 spiro atoms. The van der Waals surface area contributed by atoms with E-state index in [1.807, 2.05) is 12.4 Å². The van der Waals surface area contributed by atoms with Crippen LogP contribution in [-0.2, 0) is 10.8 Å². The minimum atomic E-state index is 0.0645. The summed E-state index contributed by atoms with van der Waals surface area (Å²) in [6, 6.07) is 42.2. The van der Waals surface area contributed by atoms with Crippen molar-refractivity contribution in [2.45, 2.75) is 167 Å². The molecule has 6 aromatic rings. The summed E-state index contributed by atoms with van der Waals surface area (Å²) in [7, 11) is 0. The van der Waals surface area contributed by atoms with E-state index in [4.69, 9.17) is 9.97 Å². The molecule has 2 nitrogen and oxygen atoms in total. The molecule has 2 heterocycles. The summed E-state index contributed by atoms with van der Waals surface area (Å²) in [6.07, 6.45) is 29.5. The molecule has 322 valence electrons. The van der Waals surface area contributed by atoms with Gasteiger partial charge in [-0.1, -0.05) is 203 Å². The number of fused-ring (bicyclic) bond motifs is 6. The number of unbranched alkanes of at least 4 members (excludes halogenated alkanes) is 12. The number of hydrogen-bond donors (Lipinski definition) is 0. The molecule has 0 saturated heterocycles. The van der Waals surface area contributed by atoms with E-state index in [1.165, 1.54) is 184 Å². The monoisotopic (exact) mass is 821 g/mol. The van der Waals surface area contributed by atoms with Crippen LogP contribution in [0.15, 0.2) is 122 Å². The molecular formula is C60H72N2. The van der Waals surface area contributed by atoms with Gasteiger partial charge in [0.25, 0.3) is 0 Å². The fraction of sp³-hybridized carbons (Fsp3) is 0.433. The highest BCUT2D eigenvalue weighted by atomic mass is 14.8. The van der Waals surface area contributed by atoms with Gasteiger partial charge >= 0.3 is 0 Å². The van der Waals surface area contributed by atoms with Crippen LogP contribution in [0.4, 0.5) is 0 Å². The van der Waals surface area contributed by atoms with Crippen molar-refractivity contribution in [3.63, 3.8) is 0 Å². The highest BCUT2D eigenvalue weighted by Crippen LogP contribution is 2.56. The van der Waals surface area contributed by atoms with Crippen molar-refractivity contribution in [2.24, 2.45) is 0 Å². The van der Waals surface area contributed by atoms with Crippen molar-refractivity contribution in [1.82, 2.24) is 9.97 Å². The zero-order chi connectivity index (χ0) is 42.8. The molecule has 2 aliphatic carbocycles.